The number of hydrogen-bond donors (Lipinski definition) is 2. The number of rotatable bonds is 5. The molecule has 1 aromatic heterocycles. The van der Waals surface area contributed by atoms with Gasteiger partial charge < -0.3 is 10.4 Å². The highest BCUT2D eigenvalue weighted by Crippen LogP contribution is 2.33. The Kier molecular flexibility index (Phi) is 4.53. The molecule has 0 aromatic carbocycles. The summed E-state index contributed by atoms with van der Waals surface area (Å²) in [6.07, 6.45) is 3.74. The van der Waals surface area contributed by atoms with Gasteiger partial charge in [-0.1, -0.05) is 26.3 Å². The van der Waals surface area contributed by atoms with Crippen LogP contribution in [0.2, 0.25) is 0 Å². The van der Waals surface area contributed by atoms with Crippen molar-refractivity contribution in [3.63, 3.8) is 0 Å². The van der Waals surface area contributed by atoms with Gasteiger partial charge in [-0.2, -0.15) is 0 Å². The van der Waals surface area contributed by atoms with Gasteiger partial charge in [-0.15, -0.1) is 0 Å². The van der Waals surface area contributed by atoms with Crippen LogP contribution in [-0.2, 0) is 6.54 Å². The number of nitrogens with zero attached hydrogens (tertiary/aromatic N) is 1. The van der Waals surface area contributed by atoms with Crippen LogP contribution in [0.25, 0.3) is 0 Å². The molecule has 1 fully saturated rings. The van der Waals surface area contributed by atoms with Gasteiger partial charge in [0.25, 0.3) is 0 Å². The van der Waals surface area contributed by atoms with E-state index >= 15 is 0 Å². The molecule has 0 aliphatic heterocycles. The van der Waals surface area contributed by atoms with E-state index in [2.05, 4.69) is 24.1 Å². The monoisotopic (exact) mass is 262 g/mol. The van der Waals surface area contributed by atoms with Crippen molar-refractivity contribution in [1.82, 2.24) is 10.3 Å². The molecular formula is C15H22N2O2. The van der Waals surface area contributed by atoms with Gasteiger partial charge in [0.15, 0.2) is 0 Å². The molecule has 3 atom stereocenters. The van der Waals surface area contributed by atoms with Crippen molar-refractivity contribution in [2.75, 3.05) is 0 Å². The SMILES string of the molecule is CCC1CCC(NCc2cccc(C(=O)O)n2)C1C. The Balaban J connectivity index is 1.92. The minimum atomic E-state index is -0.970. The molecule has 4 nitrogen and oxygen atoms in total. The summed E-state index contributed by atoms with van der Waals surface area (Å²) in [5.41, 5.74) is 0.914. The van der Waals surface area contributed by atoms with Crippen LogP contribution in [0.1, 0.15) is 49.3 Å². The van der Waals surface area contributed by atoms with Crippen LogP contribution in [0.3, 0.4) is 0 Å². The largest absolute Gasteiger partial charge is 0.477 e. The Morgan fingerprint density at radius 2 is 2.26 bits per heavy atom. The minimum Gasteiger partial charge on any atom is -0.477 e. The van der Waals surface area contributed by atoms with E-state index in [0.717, 1.165) is 11.6 Å². The van der Waals surface area contributed by atoms with Crippen molar-refractivity contribution in [3.05, 3.63) is 29.6 Å². The van der Waals surface area contributed by atoms with E-state index in [1.54, 1.807) is 6.07 Å². The number of carboxylic acid groups (broad SMARTS) is 1. The van der Waals surface area contributed by atoms with Gasteiger partial charge in [-0.3, -0.25) is 0 Å². The van der Waals surface area contributed by atoms with Crippen LogP contribution in [0, 0.1) is 11.8 Å². The van der Waals surface area contributed by atoms with Crippen molar-refractivity contribution in [3.8, 4) is 0 Å². The first-order chi connectivity index (χ1) is 9.11. The van der Waals surface area contributed by atoms with Crippen molar-refractivity contribution in [2.45, 2.75) is 45.7 Å². The third-order valence-electron chi connectivity index (χ3n) is 4.32. The Hall–Kier alpha value is -1.42. The highest BCUT2D eigenvalue weighted by atomic mass is 16.4. The van der Waals surface area contributed by atoms with E-state index in [0.29, 0.717) is 18.5 Å². The van der Waals surface area contributed by atoms with Gasteiger partial charge in [0.1, 0.15) is 5.69 Å². The summed E-state index contributed by atoms with van der Waals surface area (Å²) < 4.78 is 0. The first-order valence-electron chi connectivity index (χ1n) is 7.04. The normalized spacial score (nSPS) is 26.5. The topological polar surface area (TPSA) is 62.2 Å². The Labute approximate surface area is 114 Å². The van der Waals surface area contributed by atoms with Gasteiger partial charge in [-0.25, -0.2) is 9.78 Å². The number of carbonyl (C=O) groups is 1. The highest BCUT2D eigenvalue weighted by molar-refractivity contribution is 5.85. The molecule has 1 heterocycles. The third kappa shape index (κ3) is 3.32. The molecule has 4 heteroatoms. The molecular weight excluding hydrogens is 240 g/mol. The second-order valence-corrected chi connectivity index (χ2v) is 5.41. The average molecular weight is 262 g/mol. The zero-order valence-electron chi connectivity index (χ0n) is 11.6. The first-order valence-corrected chi connectivity index (χ1v) is 7.04. The summed E-state index contributed by atoms with van der Waals surface area (Å²) in [5.74, 6) is 0.533. The molecule has 2 N–H and O–H groups in total. The summed E-state index contributed by atoms with van der Waals surface area (Å²) in [5, 5.41) is 12.4. The van der Waals surface area contributed by atoms with E-state index in [4.69, 9.17) is 5.11 Å². The van der Waals surface area contributed by atoms with E-state index in [1.165, 1.54) is 25.3 Å². The number of aromatic carboxylic acids is 1. The summed E-state index contributed by atoms with van der Waals surface area (Å²) in [6, 6.07) is 5.67. The molecule has 0 radical (unpaired) electrons. The summed E-state index contributed by atoms with van der Waals surface area (Å²) in [4.78, 5) is 15.0. The molecule has 0 saturated heterocycles. The predicted molar refractivity (Wildman–Crippen MR) is 74.0 cm³/mol. The third-order valence-corrected chi connectivity index (χ3v) is 4.32. The van der Waals surface area contributed by atoms with E-state index < -0.39 is 5.97 Å². The lowest BCUT2D eigenvalue weighted by Gasteiger charge is -2.20. The van der Waals surface area contributed by atoms with Crippen LogP contribution in [0.4, 0.5) is 0 Å². The fourth-order valence-electron chi connectivity index (χ4n) is 3.04. The molecule has 104 valence electrons. The molecule has 0 bridgehead atoms. The van der Waals surface area contributed by atoms with Crippen LogP contribution in [0.15, 0.2) is 18.2 Å². The van der Waals surface area contributed by atoms with Gasteiger partial charge in [0.05, 0.1) is 5.69 Å². The Morgan fingerprint density at radius 1 is 1.47 bits per heavy atom. The van der Waals surface area contributed by atoms with E-state index in [-0.39, 0.29) is 5.69 Å². The van der Waals surface area contributed by atoms with Gasteiger partial charge >= 0.3 is 5.97 Å². The molecule has 0 spiro atoms. The molecule has 1 aliphatic carbocycles. The van der Waals surface area contributed by atoms with Crippen LogP contribution < -0.4 is 5.32 Å². The molecule has 0 amide bonds. The van der Waals surface area contributed by atoms with Crippen LogP contribution in [0.5, 0.6) is 0 Å². The van der Waals surface area contributed by atoms with E-state index in [9.17, 15) is 4.79 Å². The van der Waals surface area contributed by atoms with Crippen molar-refractivity contribution >= 4 is 5.97 Å². The van der Waals surface area contributed by atoms with Crippen molar-refractivity contribution in [2.24, 2.45) is 11.8 Å². The van der Waals surface area contributed by atoms with Crippen LogP contribution in [-0.4, -0.2) is 22.1 Å². The Morgan fingerprint density at radius 3 is 2.89 bits per heavy atom. The van der Waals surface area contributed by atoms with Gasteiger partial charge in [-0.05, 0) is 36.8 Å². The highest BCUT2D eigenvalue weighted by Gasteiger charge is 2.30. The van der Waals surface area contributed by atoms with Crippen molar-refractivity contribution < 1.29 is 9.90 Å². The van der Waals surface area contributed by atoms with Crippen LogP contribution >= 0.6 is 0 Å². The standard InChI is InChI=1S/C15H22N2O2/c1-3-11-7-8-13(10(11)2)16-9-12-5-4-6-14(17-12)15(18)19/h4-6,10-11,13,16H,3,7-9H2,1-2H3,(H,18,19). The smallest absolute Gasteiger partial charge is 0.354 e. The zero-order valence-corrected chi connectivity index (χ0v) is 11.6. The van der Waals surface area contributed by atoms with Crippen molar-refractivity contribution in [1.29, 1.82) is 0 Å². The molecule has 3 unspecified atom stereocenters. The van der Waals surface area contributed by atoms with Gasteiger partial charge in [0, 0.05) is 12.6 Å². The number of aromatic nitrogens is 1. The molecule has 19 heavy (non-hydrogen) atoms. The first kappa shape index (κ1) is 14.0. The number of nitrogens with one attached hydrogen (secondary N) is 1. The maximum atomic E-state index is 10.9. The number of hydrogen-bond acceptors (Lipinski definition) is 3. The number of carboxylic acids is 1. The van der Waals surface area contributed by atoms with E-state index in [1.807, 2.05) is 6.07 Å². The van der Waals surface area contributed by atoms with Gasteiger partial charge in [0.2, 0.25) is 0 Å². The lowest BCUT2D eigenvalue weighted by Crippen LogP contribution is -2.32. The second-order valence-electron chi connectivity index (χ2n) is 5.41. The summed E-state index contributed by atoms with van der Waals surface area (Å²) in [7, 11) is 0. The number of pyridine rings is 1. The predicted octanol–water partition coefficient (Wildman–Crippen LogP) is 2.69. The summed E-state index contributed by atoms with van der Waals surface area (Å²) in [6.45, 7) is 5.20. The quantitative estimate of drug-likeness (QED) is 0.856. The molecule has 2 rings (SSSR count). The second kappa shape index (κ2) is 6.15. The zero-order chi connectivity index (χ0) is 13.8. The summed E-state index contributed by atoms with van der Waals surface area (Å²) >= 11 is 0. The maximum absolute atomic E-state index is 10.9. The Bertz CT molecular complexity index is 448. The molecule has 1 aromatic rings. The maximum Gasteiger partial charge on any atom is 0.354 e. The fourth-order valence-corrected chi connectivity index (χ4v) is 3.04. The average Bonchev–Trinajstić information content (AvgIpc) is 2.77. The minimum absolute atomic E-state index is 0.116. The lowest BCUT2D eigenvalue weighted by molar-refractivity contribution is 0.0690. The molecule has 1 aliphatic rings. The fraction of sp³-hybridized carbons (Fsp3) is 0.600. The molecule has 1 saturated carbocycles. The lowest BCUT2D eigenvalue weighted by atomic mass is 9.93.